The van der Waals surface area contributed by atoms with Crippen LogP contribution in [-0.4, -0.2) is 4.98 Å². The minimum absolute atomic E-state index is 0.669. The minimum Gasteiger partial charge on any atom is -0.441 e. The fourth-order valence-corrected chi connectivity index (χ4v) is 2.22. The van der Waals surface area contributed by atoms with Crippen molar-refractivity contribution in [3.8, 4) is 0 Å². The van der Waals surface area contributed by atoms with Crippen molar-refractivity contribution in [2.24, 2.45) is 0 Å². The van der Waals surface area contributed by atoms with Gasteiger partial charge in [0.2, 0.25) is 0 Å². The lowest BCUT2D eigenvalue weighted by Gasteiger charge is -2.12. The number of benzene rings is 2. The van der Waals surface area contributed by atoms with E-state index in [9.17, 15) is 0 Å². The highest BCUT2D eigenvalue weighted by Gasteiger charge is 2.06. The van der Waals surface area contributed by atoms with Gasteiger partial charge in [-0.15, -0.1) is 0 Å². The largest absolute Gasteiger partial charge is 0.441 e. The van der Waals surface area contributed by atoms with Crippen LogP contribution < -0.4 is 11.1 Å². The quantitative estimate of drug-likeness (QED) is 0.687. The molecule has 3 rings (SSSR count). The molecule has 0 radical (unpaired) electrons. The van der Waals surface area contributed by atoms with Gasteiger partial charge in [0.1, 0.15) is 5.52 Å². The van der Waals surface area contributed by atoms with E-state index in [0.29, 0.717) is 5.89 Å². The van der Waals surface area contributed by atoms with Gasteiger partial charge in [0.15, 0.2) is 11.5 Å². The average molecular weight is 267 g/mol. The average Bonchev–Trinajstić information content (AvgIpc) is 2.75. The SMILES string of the molecule is Cc1nc2cc(Nc3cc(C)c(C)cc3N)ccc2o1. The first kappa shape index (κ1) is 12.5. The molecule has 3 aromatic rings. The highest BCUT2D eigenvalue weighted by molar-refractivity contribution is 5.81. The van der Waals surface area contributed by atoms with E-state index in [-0.39, 0.29) is 0 Å². The van der Waals surface area contributed by atoms with Crippen molar-refractivity contribution in [3.63, 3.8) is 0 Å². The third-order valence-corrected chi connectivity index (χ3v) is 3.44. The van der Waals surface area contributed by atoms with Crippen molar-refractivity contribution in [2.75, 3.05) is 11.1 Å². The summed E-state index contributed by atoms with van der Waals surface area (Å²) < 4.78 is 5.47. The second kappa shape index (κ2) is 4.56. The molecule has 0 saturated carbocycles. The van der Waals surface area contributed by atoms with E-state index in [4.69, 9.17) is 10.2 Å². The fraction of sp³-hybridized carbons (Fsp3) is 0.188. The smallest absolute Gasteiger partial charge is 0.192 e. The lowest BCUT2D eigenvalue weighted by atomic mass is 10.1. The predicted molar refractivity (Wildman–Crippen MR) is 82.4 cm³/mol. The number of oxazole rings is 1. The molecular formula is C16H17N3O. The van der Waals surface area contributed by atoms with E-state index in [1.165, 1.54) is 11.1 Å². The Morgan fingerprint density at radius 1 is 1.05 bits per heavy atom. The summed E-state index contributed by atoms with van der Waals surface area (Å²) in [7, 11) is 0. The number of nitrogens with zero attached hydrogens (tertiary/aromatic N) is 1. The van der Waals surface area contributed by atoms with E-state index < -0.39 is 0 Å². The summed E-state index contributed by atoms with van der Waals surface area (Å²) in [6.07, 6.45) is 0. The summed E-state index contributed by atoms with van der Waals surface area (Å²) in [4.78, 5) is 4.33. The van der Waals surface area contributed by atoms with Gasteiger partial charge in [0.05, 0.1) is 11.4 Å². The molecular weight excluding hydrogens is 250 g/mol. The molecule has 4 nitrogen and oxygen atoms in total. The van der Waals surface area contributed by atoms with Gasteiger partial charge in [-0.3, -0.25) is 0 Å². The van der Waals surface area contributed by atoms with Crippen LogP contribution in [0.5, 0.6) is 0 Å². The Labute approximate surface area is 117 Å². The molecule has 1 aromatic heterocycles. The van der Waals surface area contributed by atoms with E-state index >= 15 is 0 Å². The van der Waals surface area contributed by atoms with Crippen LogP contribution in [0.1, 0.15) is 17.0 Å². The van der Waals surface area contributed by atoms with Crippen molar-refractivity contribution >= 4 is 28.2 Å². The van der Waals surface area contributed by atoms with Gasteiger partial charge < -0.3 is 15.5 Å². The molecule has 0 unspecified atom stereocenters. The summed E-state index contributed by atoms with van der Waals surface area (Å²) in [5, 5.41) is 3.33. The zero-order valence-electron chi connectivity index (χ0n) is 11.8. The zero-order chi connectivity index (χ0) is 14.3. The number of nitrogens with two attached hydrogens (primary N) is 1. The first-order valence-electron chi connectivity index (χ1n) is 6.54. The van der Waals surface area contributed by atoms with Gasteiger partial charge in [-0.1, -0.05) is 0 Å². The van der Waals surface area contributed by atoms with Crippen LogP contribution in [0.2, 0.25) is 0 Å². The highest BCUT2D eigenvalue weighted by atomic mass is 16.3. The molecule has 0 atom stereocenters. The van der Waals surface area contributed by atoms with Crippen LogP contribution >= 0.6 is 0 Å². The van der Waals surface area contributed by atoms with Gasteiger partial charge in [-0.05, 0) is 55.3 Å². The maximum absolute atomic E-state index is 6.06. The van der Waals surface area contributed by atoms with E-state index in [0.717, 1.165) is 28.2 Å². The summed E-state index contributed by atoms with van der Waals surface area (Å²) in [5.74, 6) is 0.669. The van der Waals surface area contributed by atoms with Crippen LogP contribution in [0.3, 0.4) is 0 Å². The molecule has 0 aliphatic heterocycles. The van der Waals surface area contributed by atoms with E-state index in [1.807, 2.05) is 31.2 Å². The molecule has 102 valence electrons. The van der Waals surface area contributed by atoms with Crippen molar-refractivity contribution < 1.29 is 4.42 Å². The fourth-order valence-electron chi connectivity index (χ4n) is 2.22. The lowest BCUT2D eigenvalue weighted by Crippen LogP contribution is -1.98. The summed E-state index contributed by atoms with van der Waals surface area (Å²) in [6, 6.07) is 9.87. The van der Waals surface area contributed by atoms with Gasteiger partial charge >= 0.3 is 0 Å². The highest BCUT2D eigenvalue weighted by Crippen LogP contribution is 2.28. The number of hydrogen-bond donors (Lipinski definition) is 2. The van der Waals surface area contributed by atoms with Gasteiger partial charge in [-0.25, -0.2) is 4.98 Å². The molecule has 1 heterocycles. The van der Waals surface area contributed by atoms with Crippen molar-refractivity contribution in [2.45, 2.75) is 20.8 Å². The number of anilines is 3. The number of hydrogen-bond acceptors (Lipinski definition) is 4. The Morgan fingerprint density at radius 3 is 2.60 bits per heavy atom. The Kier molecular flexibility index (Phi) is 2.86. The van der Waals surface area contributed by atoms with Crippen molar-refractivity contribution in [3.05, 3.63) is 47.3 Å². The Hall–Kier alpha value is -2.49. The van der Waals surface area contributed by atoms with Gasteiger partial charge in [-0.2, -0.15) is 0 Å². The molecule has 4 heteroatoms. The summed E-state index contributed by atoms with van der Waals surface area (Å²) in [6.45, 7) is 5.97. The second-order valence-electron chi connectivity index (χ2n) is 5.06. The number of aryl methyl sites for hydroxylation is 3. The summed E-state index contributed by atoms with van der Waals surface area (Å²) in [5.41, 5.74) is 12.7. The number of aromatic nitrogens is 1. The van der Waals surface area contributed by atoms with Crippen molar-refractivity contribution in [1.82, 2.24) is 4.98 Å². The molecule has 0 amide bonds. The molecule has 0 saturated heterocycles. The Balaban J connectivity index is 1.98. The Morgan fingerprint density at radius 2 is 1.80 bits per heavy atom. The Bertz CT molecular complexity index is 790. The predicted octanol–water partition coefficient (Wildman–Crippen LogP) is 4.08. The molecule has 0 aliphatic rings. The van der Waals surface area contributed by atoms with Gasteiger partial charge in [0.25, 0.3) is 0 Å². The monoisotopic (exact) mass is 267 g/mol. The lowest BCUT2D eigenvalue weighted by molar-refractivity contribution is 0.561. The molecule has 0 aliphatic carbocycles. The third-order valence-electron chi connectivity index (χ3n) is 3.44. The number of nitrogens with one attached hydrogen (secondary N) is 1. The maximum atomic E-state index is 6.06. The zero-order valence-corrected chi connectivity index (χ0v) is 11.8. The number of nitrogen functional groups attached to an aromatic ring is 1. The normalized spacial score (nSPS) is 10.9. The van der Waals surface area contributed by atoms with Gasteiger partial charge in [0, 0.05) is 12.6 Å². The minimum atomic E-state index is 0.669. The van der Waals surface area contributed by atoms with E-state index in [2.05, 4.69) is 30.2 Å². The molecule has 0 fully saturated rings. The standard InChI is InChI=1S/C16H17N3O/c1-9-6-13(17)14(7-10(9)2)19-12-4-5-16-15(8-12)18-11(3)20-16/h4-8,19H,17H2,1-3H3. The molecule has 2 aromatic carbocycles. The van der Waals surface area contributed by atoms with Crippen LogP contribution in [0.4, 0.5) is 17.1 Å². The summed E-state index contributed by atoms with van der Waals surface area (Å²) >= 11 is 0. The maximum Gasteiger partial charge on any atom is 0.192 e. The molecule has 20 heavy (non-hydrogen) atoms. The van der Waals surface area contributed by atoms with Crippen LogP contribution in [-0.2, 0) is 0 Å². The molecule has 0 spiro atoms. The van der Waals surface area contributed by atoms with Crippen LogP contribution in [0, 0.1) is 20.8 Å². The van der Waals surface area contributed by atoms with Crippen LogP contribution in [0.25, 0.3) is 11.1 Å². The number of rotatable bonds is 2. The third kappa shape index (κ3) is 2.20. The van der Waals surface area contributed by atoms with Crippen molar-refractivity contribution in [1.29, 1.82) is 0 Å². The first-order chi connectivity index (χ1) is 9.52. The first-order valence-corrected chi connectivity index (χ1v) is 6.54. The molecule has 0 bridgehead atoms. The number of fused-ring (bicyclic) bond motifs is 1. The van der Waals surface area contributed by atoms with Crippen LogP contribution in [0.15, 0.2) is 34.7 Å². The topological polar surface area (TPSA) is 64.1 Å². The van der Waals surface area contributed by atoms with E-state index in [1.54, 1.807) is 0 Å². The second-order valence-corrected chi connectivity index (χ2v) is 5.06. The molecule has 3 N–H and O–H groups in total.